The zero-order valence-corrected chi connectivity index (χ0v) is 23.9. The fraction of sp³-hybridized carbons (Fsp3) is 0.364. The van der Waals surface area contributed by atoms with E-state index >= 15 is 0 Å². The van der Waals surface area contributed by atoms with Crippen molar-refractivity contribution >= 4 is 33.7 Å². The minimum atomic E-state index is -0.520. The van der Waals surface area contributed by atoms with E-state index in [1.54, 1.807) is 7.11 Å². The fourth-order valence-corrected chi connectivity index (χ4v) is 6.24. The van der Waals surface area contributed by atoms with Crippen LogP contribution in [0.5, 0.6) is 11.5 Å². The van der Waals surface area contributed by atoms with Crippen LogP contribution in [0, 0.1) is 17.8 Å². The molecule has 1 atom stereocenters. The van der Waals surface area contributed by atoms with Crippen molar-refractivity contribution < 1.29 is 18.3 Å². The highest BCUT2D eigenvalue weighted by Gasteiger charge is 2.29. The minimum Gasteiger partial charge on any atom is -0.497 e. The van der Waals surface area contributed by atoms with E-state index in [0.717, 1.165) is 78.9 Å². The van der Waals surface area contributed by atoms with Gasteiger partial charge in [0.05, 0.1) is 29.7 Å². The van der Waals surface area contributed by atoms with Gasteiger partial charge in [-0.05, 0) is 102 Å². The number of aromatic nitrogens is 2. The number of hydrogen-bond donors (Lipinski definition) is 1. The second kappa shape index (κ2) is 12.2. The first kappa shape index (κ1) is 27.7. The molecule has 0 spiro atoms. The van der Waals surface area contributed by atoms with E-state index in [-0.39, 0.29) is 12.6 Å². The molecule has 5 nitrogen and oxygen atoms in total. The largest absolute Gasteiger partial charge is 0.497 e. The molecule has 2 fully saturated rings. The Morgan fingerprint density at radius 2 is 1.80 bits per heavy atom. The second-order valence-electron chi connectivity index (χ2n) is 11.0. The summed E-state index contributed by atoms with van der Waals surface area (Å²) in [4.78, 5) is 2.26. The molecule has 8 heteroatoms. The molecule has 3 aromatic carbocycles. The van der Waals surface area contributed by atoms with Crippen LogP contribution in [0.15, 0.2) is 60.7 Å². The Hall–Kier alpha value is -3.42. The van der Waals surface area contributed by atoms with E-state index in [4.69, 9.17) is 21.1 Å². The molecular weight excluding hydrogens is 544 g/mol. The standard InChI is InChI=1S/C33H34ClF2N3O2/c1-40-26-10-11-27(29(34)18-26)32(22-3-2-4-22)31(24-7-12-30-28(17-24)33(36)38-37-30)23-5-8-25(9-6-23)41-16-15-39-14-13-21(19-35)20-39/h5-12,17-18,21-22H,2-4,13-16,19-20H2,1H3,(H,37,38)/b32-31+/t21-/m0/s1. The van der Waals surface area contributed by atoms with Crippen LogP contribution in [-0.4, -0.2) is 55.1 Å². The van der Waals surface area contributed by atoms with Crippen molar-refractivity contribution in [2.45, 2.75) is 25.7 Å². The van der Waals surface area contributed by atoms with Gasteiger partial charge in [-0.15, -0.1) is 5.10 Å². The summed E-state index contributed by atoms with van der Waals surface area (Å²) in [7, 11) is 1.63. The van der Waals surface area contributed by atoms with Gasteiger partial charge in [-0.2, -0.15) is 4.39 Å². The Kier molecular flexibility index (Phi) is 8.26. The molecule has 2 aliphatic rings. The smallest absolute Gasteiger partial charge is 0.240 e. The van der Waals surface area contributed by atoms with E-state index in [0.29, 0.717) is 34.2 Å². The molecule has 0 unspecified atom stereocenters. The zero-order chi connectivity index (χ0) is 28.3. The van der Waals surface area contributed by atoms with E-state index in [9.17, 15) is 8.78 Å². The molecule has 1 saturated heterocycles. The Balaban J connectivity index is 1.37. The summed E-state index contributed by atoms with van der Waals surface area (Å²) < 4.78 is 39.0. The van der Waals surface area contributed by atoms with Gasteiger partial charge in [0.15, 0.2) is 0 Å². The molecule has 41 heavy (non-hydrogen) atoms. The van der Waals surface area contributed by atoms with E-state index in [2.05, 4.69) is 27.2 Å². The topological polar surface area (TPSA) is 50.4 Å². The summed E-state index contributed by atoms with van der Waals surface area (Å²) in [6.45, 7) is 2.80. The molecule has 1 aliphatic heterocycles. The number of H-pyrrole nitrogens is 1. The second-order valence-corrected chi connectivity index (χ2v) is 11.4. The van der Waals surface area contributed by atoms with Crippen molar-refractivity contribution in [1.29, 1.82) is 0 Å². The molecule has 0 radical (unpaired) electrons. The molecule has 0 bridgehead atoms. The summed E-state index contributed by atoms with van der Waals surface area (Å²) in [6.07, 6.45) is 4.19. The first-order chi connectivity index (χ1) is 20.0. The van der Waals surface area contributed by atoms with Gasteiger partial charge in [0.2, 0.25) is 5.95 Å². The van der Waals surface area contributed by atoms with Crippen LogP contribution >= 0.6 is 11.6 Å². The number of allylic oxidation sites excluding steroid dienone is 1. The fourth-order valence-electron chi connectivity index (χ4n) is 5.96. The summed E-state index contributed by atoms with van der Waals surface area (Å²) in [5.41, 5.74) is 5.68. The lowest BCUT2D eigenvalue weighted by molar-refractivity contribution is 0.228. The van der Waals surface area contributed by atoms with Crippen LogP contribution in [-0.2, 0) is 0 Å². The maximum absolute atomic E-state index is 14.6. The van der Waals surface area contributed by atoms with Crippen LogP contribution < -0.4 is 9.47 Å². The number of halogens is 3. The van der Waals surface area contributed by atoms with Crippen LogP contribution in [0.2, 0.25) is 5.02 Å². The van der Waals surface area contributed by atoms with Crippen molar-refractivity contribution in [3.05, 3.63) is 88.3 Å². The maximum Gasteiger partial charge on any atom is 0.240 e. The zero-order valence-electron chi connectivity index (χ0n) is 23.1. The van der Waals surface area contributed by atoms with Gasteiger partial charge >= 0.3 is 0 Å². The van der Waals surface area contributed by atoms with Crippen molar-refractivity contribution in [3.63, 3.8) is 0 Å². The number of aromatic amines is 1. The number of fused-ring (bicyclic) bond motifs is 1. The normalized spacial score (nSPS) is 18.4. The SMILES string of the molecule is COc1ccc(/C(=C(\c2ccc(OCCN3CC[C@@H](CF)C3)cc2)c2ccc3[nH]nc(F)c3c2)C2CCC2)c(Cl)c1. The minimum absolute atomic E-state index is 0.151. The average molecular weight is 578 g/mol. The van der Waals surface area contributed by atoms with Crippen LogP contribution in [0.1, 0.15) is 42.4 Å². The number of benzene rings is 3. The lowest BCUT2D eigenvalue weighted by Crippen LogP contribution is -2.26. The predicted molar refractivity (Wildman–Crippen MR) is 160 cm³/mol. The molecule has 4 aromatic rings. The molecule has 0 amide bonds. The number of methoxy groups -OCH3 is 1. The van der Waals surface area contributed by atoms with Crippen LogP contribution in [0.25, 0.3) is 22.0 Å². The van der Waals surface area contributed by atoms with Gasteiger partial charge in [-0.1, -0.05) is 36.2 Å². The Morgan fingerprint density at radius 3 is 2.49 bits per heavy atom. The Morgan fingerprint density at radius 1 is 1.02 bits per heavy atom. The average Bonchev–Trinajstić information content (AvgIpc) is 3.58. The van der Waals surface area contributed by atoms with Crippen LogP contribution in [0.3, 0.4) is 0 Å². The maximum atomic E-state index is 14.6. The van der Waals surface area contributed by atoms with Gasteiger partial charge in [0, 0.05) is 19.0 Å². The van der Waals surface area contributed by atoms with Gasteiger partial charge in [0.1, 0.15) is 18.1 Å². The van der Waals surface area contributed by atoms with Gasteiger partial charge < -0.3 is 9.47 Å². The Bertz CT molecular complexity index is 1550. The first-order valence-electron chi connectivity index (χ1n) is 14.3. The molecule has 214 valence electrons. The van der Waals surface area contributed by atoms with E-state index < -0.39 is 5.95 Å². The van der Waals surface area contributed by atoms with Crippen molar-refractivity contribution in [3.8, 4) is 11.5 Å². The number of nitrogens with one attached hydrogen (secondary N) is 1. The summed E-state index contributed by atoms with van der Waals surface area (Å²) >= 11 is 6.87. The highest BCUT2D eigenvalue weighted by Crippen LogP contribution is 2.47. The van der Waals surface area contributed by atoms with Crippen LogP contribution in [0.4, 0.5) is 8.78 Å². The lowest BCUT2D eigenvalue weighted by atomic mass is 9.73. The van der Waals surface area contributed by atoms with Crippen molar-refractivity contribution in [2.24, 2.45) is 11.8 Å². The number of hydrogen-bond acceptors (Lipinski definition) is 4. The van der Waals surface area contributed by atoms with Gasteiger partial charge in [-0.3, -0.25) is 14.4 Å². The number of likely N-dealkylation sites (tertiary alicyclic amines) is 1. The highest BCUT2D eigenvalue weighted by molar-refractivity contribution is 6.33. The molecule has 2 heterocycles. The van der Waals surface area contributed by atoms with E-state index in [1.807, 2.05) is 48.5 Å². The third-order valence-electron chi connectivity index (χ3n) is 8.46. The number of ether oxygens (including phenoxy) is 2. The quantitative estimate of drug-likeness (QED) is 0.195. The summed E-state index contributed by atoms with van der Waals surface area (Å²) in [6, 6.07) is 19.6. The molecule has 1 saturated carbocycles. The molecule has 1 aromatic heterocycles. The molecule has 6 rings (SSSR count). The predicted octanol–water partition coefficient (Wildman–Crippen LogP) is 7.79. The molecule has 1 aliphatic carbocycles. The first-order valence-corrected chi connectivity index (χ1v) is 14.7. The molecular formula is C33H34ClF2N3O2. The number of rotatable bonds is 10. The van der Waals surface area contributed by atoms with E-state index in [1.165, 1.54) is 0 Å². The number of nitrogens with zero attached hydrogens (tertiary/aromatic N) is 2. The van der Waals surface area contributed by atoms with Crippen molar-refractivity contribution in [1.82, 2.24) is 15.1 Å². The third kappa shape index (κ3) is 5.84. The third-order valence-corrected chi connectivity index (χ3v) is 8.77. The monoisotopic (exact) mass is 577 g/mol. The molecule has 1 N–H and O–H groups in total. The lowest BCUT2D eigenvalue weighted by Gasteiger charge is -2.32. The van der Waals surface area contributed by atoms with Crippen molar-refractivity contribution in [2.75, 3.05) is 40.0 Å². The Labute approximate surface area is 244 Å². The highest BCUT2D eigenvalue weighted by atomic mass is 35.5. The number of alkyl halides is 1. The summed E-state index contributed by atoms with van der Waals surface area (Å²) in [5.74, 6) is 1.43. The van der Waals surface area contributed by atoms with Gasteiger partial charge in [-0.25, -0.2) is 0 Å². The summed E-state index contributed by atoms with van der Waals surface area (Å²) in [5, 5.41) is 7.59. The van der Waals surface area contributed by atoms with Gasteiger partial charge in [0.25, 0.3) is 0 Å².